The lowest BCUT2D eigenvalue weighted by Gasteiger charge is -2.08. The van der Waals surface area contributed by atoms with E-state index in [0.717, 1.165) is 42.1 Å². The number of pyridine rings is 1. The van der Waals surface area contributed by atoms with Gasteiger partial charge in [0.15, 0.2) is 5.75 Å². The first-order chi connectivity index (χ1) is 8.24. The minimum absolute atomic E-state index is 0.125. The van der Waals surface area contributed by atoms with E-state index in [4.69, 9.17) is 0 Å². The molecule has 2 N–H and O–H groups in total. The molecular formula is C14H17NO2. The van der Waals surface area contributed by atoms with Crippen LogP contribution in [-0.4, -0.2) is 10.1 Å². The predicted molar refractivity (Wildman–Crippen MR) is 69.5 cm³/mol. The zero-order valence-electron chi connectivity index (χ0n) is 9.99. The van der Waals surface area contributed by atoms with Crippen LogP contribution in [-0.2, 0) is 6.42 Å². The van der Waals surface area contributed by atoms with Crippen molar-refractivity contribution >= 4 is 10.9 Å². The van der Waals surface area contributed by atoms with Gasteiger partial charge in [-0.1, -0.05) is 38.0 Å². The van der Waals surface area contributed by atoms with E-state index in [1.165, 1.54) is 0 Å². The summed E-state index contributed by atoms with van der Waals surface area (Å²) in [5, 5.41) is 10.8. The number of para-hydroxylation sites is 1. The van der Waals surface area contributed by atoms with Crippen LogP contribution in [0.25, 0.3) is 10.9 Å². The highest BCUT2D eigenvalue weighted by Crippen LogP contribution is 2.23. The molecule has 0 bridgehead atoms. The third-order valence-electron chi connectivity index (χ3n) is 3.03. The third-order valence-corrected chi connectivity index (χ3v) is 3.03. The molecule has 90 valence electrons. The Morgan fingerprint density at radius 2 is 2.00 bits per heavy atom. The molecule has 0 aliphatic heterocycles. The first kappa shape index (κ1) is 11.7. The van der Waals surface area contributed by atoms with E-state index in [0.29, 0.717) is 0 Å². The van der Waals surface area contributed by atoms with Crippen LogP contribution in [0.1, 0.15) is 31.7 Å². The van der Waals surface area contributed by atoms with E-state index >= 15 is 0 Å². The summed E-state index contributed by atoms with van der Waals surface area (Å²) in [5.41, 5.74) is 1.18. The summed E-state index contributed by atoms with van der Waals surface area (Å²) in [4.78, 5) is 14.3. The summed E-state index contributed by atoms with van der Waals surface area (Å²) >= 11 is 0. The standard InChI is InChI=1S/C14H17NO2/c1-2-3-4-8-11-10-7-5-6-9-12(10)15-14(17)13(11)16/h5-7,9,16H,2-4,8H2,1H3,(H,15,17). The number of hydrogen-bond acceptors (Lipinski definition) is 2. The molecule has 1 aromatic carbocycles. The number of hydrogen-bond donors (Lipinski definition) is 2. The second-order valence-corrected chi connectivity index (χ2v) is 4.28. The quantitative estimate of drug-likeness (QED) is 0.795. The van der Waals surface area contributed by atoms with Crippen LogP contribution in [0.15, 0.2) is 29.1 Å². The molecule has 0 spiro atoms. The summed E-state index contributed by atoms with van der Waals surface area (Å²) in [6, 6.07) is 7.60. The van der Waals surface area contributed by atoms with Crippen LogP contribution in [0, 0.1) is 0 Å². The Hall–Kier alpha value is -1.77. The maximum absolute atomic E-state index is 11.6. The Morgan fingerprint density at radius 1 is 1.24 bits per heavy atom. The smallest absolute Gasteiger partial charge is 0.290 e. The largest absolute Gasteiger partial charge is 0.503 e. The molecule has 0 fully saturated rings. The molecule has 0 aliphatic carbocycles. The van der Waals surface area contributed by atoms with Crippen molar-refractivity contribution in [2.45, 2.75) is 32.6 Å². The topological polar surface area (TPSA) is 53.1 Å². The molecule has 17 heavy (non-hydrogen) atoms. The van der Waals surface area contributed by atoms with E-state index in [2.05, 4.69) is 11.9 Å². The maximum Gasteiger partial charge on any atom is 0.290 e. The molecule has 0 radical (unpaired) electrons. The Labute approximate surface area is 100 Å². The number of fused-ring (bicyclic) bond motifs is 1. The Kier molecular flexibility index (Phi) is 3.47. The summed E-state index contributed by atoms with van der Waals surface area (Å²) in [5.74, 6) is -0.125. The predicted octanol–water partition coefficient (Wildman–Crippen LogP) is 2.97. The van der Waals surface area contributed by atoms with Gasteiger partial charge in [-0.25, -0.2) is 0 Å². The molecule has 0 amide bonds. The fraction of sp³-hybridized carbons (Fsp3) is 0.357. The van der Waals surface area contributed by atoms with E-state index in [9.17, 15) is 9.90 Å². The van der Waals surface area contributed by atoms with Gasteiger partial charge < -0.3 is 10.1 Å². The minimum Gasteiger partial charge on any atom is -0.503 e. The number of unbranched alkanes of at least 4 members (excludes halogenated alkanes) is 2. The van der Waals surface area contributed by atoms with Crippen LogP contribution in [0.4, 0.5) is 0 Å². The highest BCUT2D eigenvalue weighted by Gasteiger charge is 2.10. The van der Waals surface area contributed by atoms with Crippen molar-refractivity contribution in [1.82, 2.24) is 4.98 Å². The molecular weight excluding hydrogens is 214 g/mol. The molecule has 0 unspecified atom stereocenters. The van der Waals surface area contributed by atoms with Crippen molar-refractivity contribution in [2.24, 2.45) is 0 Å². The van der Waals surface area contributed by atoms with E-state index in [-0.39, 0.29) is 5.75 Å². The third kappa shape index (κ3) is 2.33. The van der Waals surface area contributed by atoms with Crippen molar-refractivity contribution in [3.05, 3.63) is 40.2 Å². The number of benzene rings is 1. The number of aromatic hydroxyl groups is 1. The highest BCUT2D eigenvalue weighted by atomic mass is 16.3. The lowest BCUT2D eigenvalue weighted by Crippen LogP contribution is -2.08. The lowest BCUT2D eigenvalue weighted by molar-refractivity contribution is 0.459. The van der Waals surface area contributed by atoms with Crippen LogP contribution in [0.2, 0.25) is 0 Å². The monoisotopic (exact) mass is 231 g/mol. The van der Waals surface area contributed by atoms with Gasteiger partial charge in [-0.15, -0.1) is 0 Å². The molecule has 3 heteroatoms. The Balaban J connectivity index is 2.50. The number of aromatic amines is 1. The Morgan fingerprint density at radius 3 is 2.76 bits per heavy atom. The van der Waals surface area contributed by atoms with Crippen LogP contribution < -0.4 is 5.56 Å². The Bertz CT molecular complexity index is 572. The second kappa shape index (κ2) is 5.04. The zero-order chi connectivity index (χ0) is 12.3. The van der Waals surface area contributed by atoms with Crippen molar-refractivity contribution in [3.8, 4) is 5.75 Å². The molecule has 0 saturated heterocycles. The van der Waals surface area contributed by atoms with Gasteiger partial charge in [-0.05, 0) is 18.9 Å². The molecule has 1 heterocycles. The number of rotatable bonds is 4. The van der Waals surface area contributed by atoms with Crippen molar-refractivity contribution < 1.29 is 5.11 Å². The molecule has 2 rings (SSSR count). The molecule has 0 aliphatic rings. The first-order valence-electron chi connectivity index (χ1n) is 6.07. The molecule has 0 atom stereocenters. The van der Waals surface area contributed by atoms with Crippen molar-refractivity contribution in [3.63, 3.8) is 0 Å². The van der Waals surface area contributed by atoms with Gasteiger partial charge in [-0.3, -0.25) is 4.79 Å². The summed E-state index contributed by atoms with van der Waals surface area (Å²) in [6.07, 6.45) is 3.99. The van der Waals surface area contributed by atoms with Crippen molar-refractivity contribution in [2.75, 3.05) is 0 Å². The average Bonchev–Trinajstić information content (AvgIpc) is 2.34. The first-order valence-corrected chi connectivity index (χ1v) is 6.07. The van der Waals surface area contributed by atoms with Crippen LogP contribution in [0.3, 0.4) is 0 Å². The molecule has 1 aromatic heterocycles. The lowest BCUT2D eigenvalue weighted by atomic mass is 10.0. The fourth-order valence-electron chi connectivity index (χ4n) is 2.11. The van der Waals surface area contributed by atoms with E-state index < -0.39 is 5.56 Å². The van der Waals surface area contributed by atoms with Gasteiger partial charge in [-0.2, -0.15) is 0 Å². The van der Waals surface area contributed by atoms with Crippen molar-refractivity contribution in [1.29, 1.82) is 0 Å². The van der Waals surface area contributed by atoms with Gasteiger partial charge in [0.25, 0.3) is 5.56 Å². The second-order valence-electron chi connectivity index (χ2n) is 4.28. The molecule has 0 saturated carbocycles. The number of aryl methyl sites for hydroxylation is 1. The average molecular weight is 231 g/mol. The van der Waals surface area contributed by atoms with Gasteiger partial charge >= 0.3 is 0 Å². The molecule has 3 nitrogen and oxygen atoms in total. The highest BCUT2D eigenvalue weighted by molar-refractivity contribution is 5.83. The molecule has 2 aromatic rings. The van der Waals surface area contributed by atoms with Crippen LogP contribution in [0.5, 0.6) is 5.75 Å². The minimum atomic E-state index is -0.393. The number of aromatic nitrogens is 1. The summed E-state index contributed by atoms with van der Waals surface area (Å²) < 4.78 is 0. The van der Waals surface area contributed by atoms with Gasteiger partial charge in [0.1, 0.15) is 0 Å². The normalized spacial score (nSPS) is 10.9. The SMILES string of the molecule is CCCCCc1c(O)c(=O)[nH]c2ccccc12. The summed E-state index contributed by atoms with van der Waals surface area (Å²) in [7, 11) is 0. The zero-order valence-corrected chi connectivity index (χ0v) is 9.99. The van der Waals surface area contributed by atoms with Crippen LogP contribution >= 0.6 is 0 Å². The summed E-state index contributed by atoms with van der Waals surface area (Å²) in [6.45, 7) is 2.13. The number of nitrogens with one attached hydrogen (secondary N) is 1. The van der Waals surface area contributed by atoms with E-state index in [1.807, 2.05) is 24.3 Å². The number of H-pyrrole nitrogens is 1. The van der Waals surface area contributed by atoms with Gasteiger partial charge in [0.2, 0.25) is 0 Å². The maximum atomic E-state index is 11.6. The van der Waals surface area contributed by atoms with Gasteiger partial charge in [0.05, 0.1) is 0 Å². The van der Waals surface area contributed by atoms with Gasteiger partial charge in [0, 0.05) is 16.5 Å². The fourth-order valence-corrected chi connectivity index (χ4v) is 2.11. The van der Waals surface area contributed by atoms with E-state index in [1.54, 1.807) is 0 Å².